The third-order valence-electron chi connectivity index (χ3n) is 3.29. The maximum atomic E-state index is 12.4. The molecule has 2 N–H and O–H groups in total. The van der Waals surface area contributed by atoms with Gasteiger partial charge in [0.05, 0.1) is 13.1 Å². The first-order chi connectivity index (χ1) is 9.65. The van der Waals surface area contributed by atoms with Gasteiger partial charge in [-0.3, -0.25) is 4.79 Å². The second-order valence-electron chi connectivity index (χ2n) is 4.56. The molecule has 0 saturated heterocycles. The van der Waals surface area contributed by atoms with Crippen molar-refractivity contribution >= 4 is 54.8 Å². The Morgan fingerprint density at radius 3 is 2.95 bits per heavy atom. The summed E-state index contributed by atoms with van der Waals surface area (Å²) in [4.78, 5) is 12.4. The van der Waals surface area contributed by atoms with Crippen molar-refractivity contribution in [3.05, 3.63) is 48.5 Å². The van der Waals surface area contributed by atoms with Gasteiger partial charge in [0.25, 0.3) is 5.91 Å². The zero-order chi connectivity index (χ0) is 14.1. The van der Waals surface area contributed by atoms with Gasteiger partial charge >= 0.3 is 0 Å². The van der Waals surface area contributed by atoms with E-state index in [-0.39, 0.29) is 5.91 Å². The molecule has 1 amide bonds. The molecule has 20 heavy (non-hydrogen) atoms. The van der Waals surface area contributed by atoms with E-state index in [2.05, 4.69) is 48.6 Å². The summed E-state index contributed by atoms with van der Waals surface area (Å²) in [7, 11) is 0. The van der Waals surface area contributed by atoms with E-state index in [1.54, 1.807) is 0 Å². The number of hydrogen-bond acceptors (Lipinski definition) is 3. The van der Waals surface area contributed by atoms with E-state index in [9.17, 15) is 4.79 Å². The van der Waals surface area contributed by atoms with E-state index in [1.807, 2.05) is 18.2 Å². The molecule has 6 heteroatoms. The maximum Gasteiger partial charge on any atom is 0.257 e. The van der Waals surface area contributed by atoms with Crippen molar-refractivity contribution in [2.75, 3.05) is 11.9 Å². The number of carbonyl (C=O) groups excluding carboxylic acids is 1. The predicted octanol–water partition coefficient (Wildman–Crippen LogP) is 4.17. The Kier molecular flexibility index (Phi) is 4.26. The summed E-state index contributed by atoms with van der Waals surface area (Å²) in [6, 6.07) is 7.90. The van der Waals surface area contributed by atoms with Gasteiger partial charge < -0.3 is 10.6 Å². The molecule has 1 aliphatic heterocycles. The molecule has 0 radical (unpaired) electrons. The summed E-state index contributed by atoms with van der Waals surface area (Å²) in [6.45, 7) is 1.82. The number of rotatable bonds is 2. The Bertz CT molecular complexity index is 669. The van der Waals surface area contributed by atoms with Gasteiger partial charge in [-0.2, -0.15) is 0 Å². The summed E-state index contributed by atoms with van der Waals surface area (Å²) in [5.74, 6) is -0.0780. The number of amides is 1. The molecule has 0 bridgehead atoms. The highest BCUT2D eigenvalue weighted by molar-refractivity contribution is 9.12. The van der Waals surface area contributed by atoms with Crippen molar-refractivity contribution in [2.24, 2.45) is 0 Å². The lowest BCUT2D eigenvalue weighted by Gasteiger charge is -2.20. The lowest BCUT2D eigenvalue weighted by molar-refractivity contribution is 0.102. The largest absolute Gasteiger partial charge is 0.322 e. The average Bonchev–Trinajstić information content (AvgIpc) is 2.78. The first-order valence-electron chi connectivity index (χ1n) is 6.23. The van der Waals surface area contributed by atoms with Gasteiger partial charge in [0.1, 0.15) is 0 Å². The van der Waals surface area contributed by atoms with Crippen LogP contribution in [0, 0.1) is 0 Å². The predicted molar refractivity (Wildman–Crippen MR) is 89.5 cm³/mol. The van der Waals surface area contributed by atoms with Crippen molar-refractivity contribution in [3.63, 3.8) is 0 Å². The second kappa shape index (κ2) is 5.97. The number of fused-ring (bicyclic) bond motifs is 1. The van der Waals surface area contributed by atoms with Crippen molar-refractivity contribution in [3.8, 4) is 0 Å². The van der Waals surface area contributed by atoms with E-state index >= 15 is 0 Å². The van der Waals surface area contributed by atoms with Crippen LogP contribution in [0.2, 0.25) is 0 Å². The fourth-order valence-corrected chi connectivity index (χ4v) is 5.13. The van der Waals surface area contributed by atoms with Crippen LogP contribution in [0.15, 0.2) is 31.8 Å². The molecule has 104 valence electrons. The van der Waals surface area contributed by atoms with Gasteiger partial charge in [-0.1, -0.05) is 12.1 Å². The van der Waals surface area contributed by atoms with Gasteiger partial charge in [-0.05, 0) is 68.1 Å². The first kappa shape index (κ1) is 14.3. The van der Waals surface area contributed by atoms with Crippen LogP contribution < -0.4 is 10.6 Å². The van der Waals surface area contributed by atoms with Crippen molar-refractivity contribution in [1.82, 2.24) is 5.32 Å². The molecule has 1 aromatic heterocycles. The molecule has 0 aliphatic carbocycles. The third-order valence-corrected chi connectivity index (χ3v) is 5.63. The molecule has 3 rings (SSSR count). The van der Waals surface area contributed by atoms with E-state index in [1.165, 1.54) is 22.5 Å². The molecule has 3 nitrogen and oxygen atoms in total. The minimum Gasteiger partial charge on any atom is -0.322 e. The zero-order valence-electron chi connectivity index (χ0n) is 10.5. The van der Waals surface area contributed by atoms with Crippen molar-refractivity contribution < 1.29 is 4.79 Å². The summed E-state index contributed by atoms with van der Waals surface area (Å²) in [5.41, 5.74) is 4.08. The number of carbonyl (C=O) groups is 1. The Balaban J connectivity index is 1.88. The zero-order valence-corrected chi connectivity index (χ0v) is 14.5. The van der Waals surface area contributed by atoms with Crippen molar-refractivity contribution in [2.45, 2.75) is 13.0 Å². The minimum atomic E-state index is -0.0780. The number of anilines is 1. The van der Waals surface area contributed by atoms with Crippen LogP contribution in [0.3, 0.4) is 0 Å². The molecule has 0 saturated carbocycles. The summed E-state index contributed by atoms with van der Waals surface area (Å²) in [6.07, 6.45) is 0.945. The molecule has 0 atom stereocenters. The van der Waals surface area contributed by atoms with Gasteiger partial charge in [0.2, 0.25) is 0 Å². The smallest absolute Gasteiger partial charge is 0.257 e. The third kappa shape index (κ3) is 2.83. The van der Waals surface area contributed by atoms with Crippen LogP contribution in [0.4, 0.5) is 5.69 Å². The minimum absolute atomic E-state index is 0.0780. The monoisotopic (exact) mass is 414 g/mol. The molecule has 0 spiro atoms. The highest BCUT2D eigenvalue weighted by Crippen LogP contribution is 2.33. The maximum absolute atomic E-state index is 12.4. The van der Waals surface area contributed by atoms with Gasteiger partial charge in [0, 0.05) is 12.2 Å². The van der Waals surface area contributed by atoms with Crippen LogP contribution >= 0.6 is 43.2 Å². The number of nitrogens with one attached hydrogen (secondary N) is 2. The fourth-order valence-electron chi connectivity index (χ4n) is 2.33. The average molecular weight is 416 g/mol. The number of thiophene rings is 1. The summed E-state index contributed by atoms with van der Waals surface area (Å²) >= 11 is 8.32. The molecule has 0 unspecified atom stereocenters. The molecule has 1 aliphatic rings. The number of halogens is 2. The summed E-state index contributed by atoms with van der Waals surface area (Å²) in [5, 5.41) is 6.37. The Hall–Kier alpha value is -0.690. The number of hydrogen-bond donors (Lipinski definition) is 2. The van der Waals surface area contributed by atoms with Crippen LogP contribution in [0.1, 0.15) is 21.5 Å². The summed E-state index contributed by atoms with van der Waals surface area (Å²) < 4.78 is 1.78. The first-order valence-corrected chi connectivity index (χ1v) is 8.63. The molecule has 2 aromatic rings. The quantitative estimate of drug-likeness (QED) is 0.772. The SMILES string of the molecule is O=C(Nc1cccc2c1CCNC2)c1cc(Br)sc1Br. The normalized spacial score (nSPS) is 13.9. The lowest BCUT2D eigenvalue weighted by atomic mass is 9.99. The molecular weight excluding hydrogens is 404 g/mol. The topological polar surface area (TPSA) is 41.1 Å². The highest BCUT2D eigenvalue weighted by atomic mass is 79.9. The Morgan fingerprint density at radius 2 is 2.20 bits per heavy atom. The molecule has 0 fully saturated rings. The van der Waals surface area contributed by atoms with E-state index in [0.29, 0.717) is 5.56 Å². The highest BCUT2D eigenvalue weighted by Gasteiger charge is 2.17. The Labute approximate surface area is 138 Å². The molecular formula is C14H12Br2N2OS. The molecule has 2 heterocycles. The second-order valence-corrected chi connectivity index (χ2v) is 8.31. The lowest BCUT2D eigenvalue weighted by Crippen LogP contribution is -2.25. The van der Waals surface area contributed by atoms with E-state index < -0.39 is 0 Å². The van der Waals surface area contributed by atoms with Crippen molar-refractivity contribution in [1.29, 1.82) is 0 Å². The number of benzene rings is 1. The van der Waals surface area contributed by atoms with Gasteiger partial charge in [0.15, 0.2) is 0 Å². The van der Waals surface area contributed by atoms with Crippen LogP contribution in [-0.2, 0) is 13.0 Å². The van der Waals surface area contributed by atoms with E-state index in [0.717, 1.165) is 32.8 Å². The fraction of sp³-hybridized carbons (Fsp3) is 0.214. The van der Waals surface area contributed by atoms with Gasteiger partial charge in [-0.25, -0.2) is 0 Å². The van der Waals surface area contributed by atoms with Crippen LogP contribution in [0.25, 0.3) is 0 Å². The standard InChI is InChI=1S/C14H12Br2N2OS/c15-12-6-10(13(16)20-12)14(19)18-11-3-1-2-8-7-17-5-4-9(8)11/h1-3,6,17H,4-5,7H2,(H,18,19). The van der Waals surface area contributed by atoms with Crippen LogP contribution in [-0.4, -0.2) is 12.5 Å². The van der Waals surface area contributed by atoms with Crippen LogP contribution in [0.5, 0.6) is 0 Å². The Morgan fingerprint density at radius 1 is 1.35 bits per heavy atom. The van der Waals surface area contributed by atoms with E-state index in [4.69, 9.17) is 0 Å². The molecule has 1 aromatic carbocycles. The van der Waals surface area contributed by atoms with Gasteiger partial charge in [-0.15, -0.1) is 11.3 Å².